The van der Waals surface area contributed by atoms with Crippen LogP contribution in [0.1, 0.15) is 11.1 Å². The number of methoxy groups -OCH3 is 1. The van der Waals surface area contributed by atoms with Crippen LogP contribution in [0.25, 0.3) is 0 Å². The minimum Gasteiger partial charge on any atom is -0.508 e. The number of phenolic OH excluding ortho intramolecular Hbond substituents is 1. The van der Waals surface area contributed by atoms with Crippen molar-refractivity contribution in [3.8, 4) is 11.5 Å². The van der Waals surface area contributed by atoms with E-state index in [0.717, 1.165) is 5.56 Å². The molecule has 0 radical (unpaired) electrons. The first-order valence-electron chi connectivity index (χ1n) is 6.20. The van der Waals surface area contributed by atoms with E-state index in [1.807, 2.05) is 12.1 Å². The molecule has 0 aliphatic rings. The van der Waals surface area contributed by atoms with E-state index in [-0.39, 0.29) is 18.1 Å². The molecule has 2 rings (SSSR count). The first-order chi connectivity index (χ1) is 9.69. The number of hydrogen-bond donors (Lipinski definition) is 2. The number of benzene rings is 1. The molecule has 0 aliphatic carbocycles. The Kier molecular flexibility index (Phi) is 4.55. The maximum absolute atomic E-state index is 11.9. The lowest BCUT2D eigenvalue weighted by Gasteiger charge is -2.09. The van der Waals surface area contributed by atoms with Crippen LogP contribution in [0.3, 0.4) is 0 Å². The molecule has 2 N–H and O–H groups in total. The van der Waals surface area contributed by atoms with Gasteiger partial charge in [0.2, 0.25) is 5.91 Å². The minimum atomic E-state index is -0.134. The summed E-state index contributed by atoms with van der Waals surface area (Å²) in [6, 6.07) is 8.38. The lowest BCUT2D eigenvalue weighted by atomic mass is 10.1. The molecule has 104 valence electrons. The molecule has 5 heteroatoms. The van der Waals surface area contributed by atoms with Crippen molar-refractivity contribution < 1.29 is 14.6 Å². The number of nitrogens with zero attached hydrogens (tertiary/aromatic N) is 1. The van der Waals surface area contributed by atoms with Crippen molar-refractivity contribution in [3.05, 3.63) is 53.9 Å². The van der Waals surface area contributed by atoms with Crippen LogP contribution in [0.15, 0.2) is 42.7 Å². The highest BCUT2D eigenvalue weighted by Gasteiger charge is 2.09. The third-order valence-electron chi connectivity index (χ3n) is 2.85. The first-order valence-corrected chi connectivity index (χ1v) is 6.20. The highest BCUT2D eigenvalue weighted by Crippen LogP contribution is 2.23. The Bertz CT molecular complexity index is 585. The van der Waals surface area contributed by atoms with Crippen LogP contribution in [0.4, 0.5) is 0 Å². The molecular formula is C15H16N2O3. The van der Waals surface area contributed by atoms with Crippen molar-refractivity contribution in [2.24, 2.45) is 0 Å². The van der Waals surface area contributed by atoms with Gasteiger partial charge in [-0.05, 0) is 35.9 Å². The second-order valence-corrected chi connectivity index (χ2v) is 4.31. The van der Waals surface area contributed by atoms with Crippen LogP contribution in [0.2, 0.25) is 0 Å². The van der Waals surface area contributed by atoms with E-state index < -0.39 is 0 Å². The molecule has 1 heterocycles. The minimum absolute atomic E-state index is 0.114. The molecule has 1 aromatic carbocycles. The molecular weight excluding hydrogens is 256 g/mol. The van der Waals surface area contributed by atoms with Gasteiger partial charge in [0.15, 0.2) is 0 Å². The van der Waals surface area contributed by atoms with E-state index >= 15 is 0 Å². The zero-order valence-electron chi connectivity index (χ0n) is 11.2. The predicted molar refractivity (Wildman–Crippen MR) is 74.4 cm³/mol. The van der Waals surface area contributed by atoms with E-state index in [4.69, 9.17) is 4.74 Å². The van der Waals surface area contributed by atoms with Crippen LogP contribution in [-0.4, -0.2) is 23.1 Å². The molecule has 0 bridgehead atoms. The fraction of sp³-hybridized carbons (Fsp3) is 0.200. The fourth-order valence-corrected chi connectivity index (χ4v) is 1.84. The largest absolute Gasteiger partial charge is 0.508 e. The van der Waals surface area contributed by atoms with Crippen LogP contribution in [-0.2, 0) is 17.8 Å². The van der Waals surface area contributed by atoms with E-state index in [2.05, 4.69) is 10.3 Å². The molecule has 0 fully saturated rings. The Morgan fingerprint density at radius 3 is 2.75 bits per heavy atom. The van der Waals surface area contributed by atoms with Gasteiger partial charge in [0, 0.05) is 24.5 Å². The summed E-state index contributed by atoms with van der Waals surface area (Å²) in [4.78, 5) is 15.8. The average Bonchev–Trinajstić information content (AvgIpc) is 2.46. The van der Waals surface area contributed by atoms with Gasteiger partial charge in [0.25, 0.3) is 0 Å². The number of carbonyl (C=O) groups excluding carboxylic acids is 1. The number of phenols is 1. The SMILES string of the molecule is COc1ccc(O)cc1CC(=O)NCc1ccncc1. The molecule has 0 saturated heterocycles. The van der Waals surface area contributed by atoms with Crippen molar-refractivity contribution in [3.63, 3.8) is 0 Å². The number of carbonyl (C=O) groups is 1. The zero-order valence-corrected chi connectivity index (χ0v) is 11.2. The molecule has 1 aromatic heterocycles. The van der Waals surface area contributed by atoms with Crippen LogP contribution in [0, 0.1) is 0 Å². The summed E-state index contributed by atoms with van der Waals surface area (Å²) in [6.45, 7) is 0.447. The number of nitrogens with one attached hydrogen (secondary N) is 1. The van der Waals surface area contributed by atoms with Crippen molar-refractivity contribution in [1.82, 2.24) is 10.3 Å². The molecule has 1 amide bonds. The summed E-state index contributed by atoms with van der Waals surface area (Å²) in [6.07, 6.45) is 3.52. The predicted octanol–water partition coefficient (Wildman–Crippen LogP) is 1.65. The number of amides is 1. The topological polar surface area (TPSA) is 71.5 Å². The highest BCUT2D eigenvalue weighted by molar-refractivity contribution is 5.79. The van der Waals surface area contributed by atoms with E-state index in [0.29, 0.717) is 17.9 Å². The first kappa shape index (κ1) is 13.9. The molecule has 0 unspecified atom stereocenters. The average molecular weight is 272 g/mol. The smallest absolute Gasteiger partial charge is 0.224 e. The number of rotatable bonds is 5. The second kappa shape index (κ2) is 6.56. The van der Waals surface area contributed by atoms with Gasteiger partial charge in [0.05, 0.1) is 13.5 Å². The zero-order chi connectivity index (χ0) is 14.4. The summed E-state index contributed by atoms with van der Waals surface area (Å²) >= 11 is 0. The Hall–Kier alpha value is -2.56. The summed E-state index contributed by atoms with van der Waals surface area (Å²) in [5, 5.41) is 12.3. The Morgan fingerprint density at radius 1 is 1.30 bits per heavy atom. The van der Waals surface area contributed by atoms with Gasteiger partial charge >= 0.3 is 0 Å². The molecule has 0 aliphatic heterocycles. The number of aromatic nitrogens is 1. The van der Waals surface area contributed by atoms with Crippen molar-refractivity contribution >= 4 is 5.91 Å². The monoisotopic (exact) mass is 272 g/mol. The summed E-state index contributed by atoms with van der Waals surface area (Å²) in [7, 11) is 1.53. The van der Waals surface area contributed by atoms with Crippen LogP contribution < -0.4 is 10.1 Å². The standard InChI is InChI=1S/C15H16N2O3/c1-20-14-3-2-13(18)8-12(14)9-15(19)17-10-11-4-6-16-7-5-11/h2-8,18H,9-10H2,1H3,(H,17,19). The van der Waals surface area contributed by atoms with Crippen molar-refractivity contribution in [2.45, 2.75) is 13.0 Å². The quantitative estimate of drug-likeness (QED) is 0.868. The van der Waals surface area contributed by atoms with Gasteiger partial charge in [-0.25, -0.2) is 0 Å². The Labute approximate surface area is 117 Å². The molecule has 0 saturated carbocycles. The van der Waals surface area contributed by atoms with Gasteiger partial charge in [0.1, 0.15) is 11.5 Å². The number of pyridine rings is 1. The van der Waals surface area contributed by atoms with E-state index in [1.54, 1.807) is 18.5 Å². The lowest BCUT2D eigenvalue weighted by molar-refractivity contribution is -0.120. The normalized spacial score (nSPS) is 10.1. The molecule has 2 aromatic rings. The number of hydrogen-bond acceptors (Lipinski definition) is 4. The van der Waals surface area contributed by atoms with Gasteiger partial charge in [-0.2, -0.15) is 0 Å². The summed E-state index contributed by atoms with van der Waals surface area (Å²) < 4.78 is 5.16. The summed E-state index contributed by atoms with van der Waals surface area (Å²) in [5.41, 5.74) is 1.64. The molecule has 20 heavy (non-hydrogen) atoms. The Balaban J connectivity index is 1.96. The van der Waals surface area contributed by atoms with Gasteiger partial charge in [-0.15, -0.1) is 0 Å². The van der Waals surface area contributed by atoms with Crippen LogP contribution >= 0.6 is 0 Å². The fourth-order valence-electron chi connectivity index (χ4n) is 1.84. The molecule has 0 spiro atoms. The Morgan fingerprint density at radius 2 is 2.05 bits per heavy atom. The van der Waals surface area contributed by atoms with Gasteiger partial charge < -0.3 is 15.2 Å². The number of ether oxygens (including phenoxy) is 1. The highest BCUT2D eigenvalue weighted by atomic mass is 16.5. The van der Waals surface area contributed by atoms with Crippen molar-refractivity contribution in [2.75, 3.05) is 7.11 Å². The number of aromatic hydroxyl groups is 1. The molecule has 0 atom stereocenters. The third kappa shape index (κ3) is 3.71. The van der Waals surface area contributed by atoms with Gasteiger partial charge in [-0.3, -0.25) is 9.78 Å². The molecule has 5 nitrogen and oxygen atoms in total. The maximum atomic E-state index is 11.9. The maximum Gasteiger partial charge on any atom is 0.224 e. The van der Waals surface area contributed by atoms with E-state index in [1.165, 1.54) is 19.2 Å². The summed E-state index contributed by atoms with van der Waals surface area (Å²) in [5.74, 6) is 0.565. The van der Waals surface area contributed by atoms with E-state index in [9.17, 15) is 9.90 Å². The third-order valence-corrected chi connectivity index (χ3v) is 2.85. The van der Waals surface area contributed by atoms with Gasteiger partial charge in [-0.1, -0.05) is 0 Å². The van der Waals surface area contributed by atoms with Crippen molar-refractivity contribution in [1.29, 1.82) is 0 Å². The van der Waals surface area contributed by atoms with Crippen LogP contribution in [0.5, 0.6) is 11.5 Å². The second-order valence-electron chi connectivity index (χ2n) is 4.31. The lowest BCUT2D eigenvalue weighted by Crippen LogP contribution is -2.24.